The standard InChI is InChI=1S/C15H10ClF2N3O/c16-9-6-11(18)10(17)5-8(9)15(22)19-7-14-20-12-3-1-2-4-13(12)21-14/h1-6H,7H2,(H,19,22)(H,20,21). The third kappa shape index (κ3) is 2.78. The lowest BCUT2D eigenvalue weighted by molar-refractivity contribution is 0.0949. The SMILES string of the molecule is O=C(NCc1nc2ccccc2[nH]1)c1cc(F)c(F)cc1Cl. The largest absolute Gasteiger partial charge is 0.345 e. The first-order chi connectivity index (χ1) is 10.5. The lowest BCUT2D eigenvalue weighted by atomic mass is 10.2. The highest BCUT2D eigenvalue weighted by atomic mass is 35.5. The van der Waals surface area contributed by atoms with Crippen molar-refractivity contribution < 1.29 is 13.6 Å². The molecular formula is C15H10ClF2N3O. The Bertz CT molecular complexity index is 830. The smallest absolute Gasteiger partial charge is 0.253 e. The lowest BCUT2D eigenvalue weighted by Crippen LogP contribution is -2.24. The number of nitrogens with one attached hydrogen (secondary N) is 2. The van der Waals surface area contributed by atoms with Crippen LogP contribution in [0.25, 0.3) is 11.0 Å². The Morgan fingerprint density at radius 2 is 1.95 bits per heavy atom. The van der Waals surface area contributed by atoms with Crippen LogP contribution < -0.4 is 5.32 Å². The Balaban J connectivity index is 1.76. The number of rotatable bonds is 3. The Morgan fingerprint density at radius 3 is 2.73 bits per heavy atom. The number of carbonyl (C=O) groups excluding carboxylic acids is 1. The second-order valence-electron chi connectivity index (χ2n) is 4.63. The highest BCUT2D eigenvalue weighted by molar-refractivity contribution is 6.33. The van der Waals surface area contributed by atoms with Crippen LogP contribution in [0.3, 0.4) is 0 Å². The van der Waals surface area contributed by atoms with Crippen LogP contribution in [-0.4, -0.2) is 15.9 Å². The number of amides is 1. The van der Waals surface area contributed by atoms with Gasteiger partial charge in [0.2, 0.25) is 0 Å². The molecule has 0 radical (unpaired) electrons. The van der Waals surface area contributed by atoms with E-state index < -0.39 is 17.5 Å². The van der Waals surface area contributed by atoms with Crippen LogP contribution in [0.1, 0.15) is 16.2 Å². The summed E-state index contributed by atoms with van der Waals surface area (Å²) in [7, 11) is 0. The number of H-pyrrole nitrogens is 1. The van der Waals surface area contributed by atoms with Gasteiger partial charge in [0.1, 0.15) is 5.82 Å². The first-order valence-corrected chi connectivity index (χ1v) is 6.79. The minimum absolute atomic E-state index is 0.114. The van der Waals surface area contributed by atoms with E-state index in [0.717, 1.165) is 23.2 Å². The van der Waals surface area contributed by atoms with Gasteiger partial charge in [-0.05, 0) is 24.3 Å². The summed E-state index contributed by atoms with van der Waals surface area (Å²) in [6, 6.07) is 8.96. The number of fused-ring (bicyclic) bond motifs is 1. The van der Waals surface area contributed by atoms with Gasteiger partial charge in [-0.1, -0.05) is 23.7 Å². The zero-order chi connectivity index (χ0) is 15.7. The van der Waals surface area contributed by atoms with Crippen LogP contribution in [-0.2, 0) is 6.54 Å². The molecule has 0 aliphatic rings. The Kier molecular flexibility index (Phi) is 3.77. The maximum absolute atomic E-state index is 13.2. The van der Waals surface area contributed by atoms with Crippen LogP contribution in [0.5, 0.6) is 0 Å². The minimum atomic E-state index is -1.13. The molecule has 1 heterocycles. The number of halogens is 3. The summed E-state index contributed by atoms with van der Waals surface area (Å²) in [5.41, 5.74) is 1.49. The highest BCUT2D eigenvalue weighted by Crippen LogP contribution is 2.20. The number of aromatic amines is 1. The van der Waals surface area contributed by atoms with Gasteiger partial charge in [0.15, 0.2) is 11.6 Å². The topological polar surface area (TPSA) is 57.8 Å². The molecule has 0 aliphatic heterocycles. The molecule has 0 saturated heterocycles. The maximum atomic E-state index is 13.2. The van der Waals surface area contributed by atoms with E-state index in [9.17, 15) is 13.6 Å². The lowest BCUT2D eigenvalue weighted by Gasteiger charge is -2.06. The van der Waals surface area contributed by atoms with Gasteiger partial charge in [0, 0.05) is 0 Å². The average molecular weight is 322 g/mol. The number of aromatic nitrogens is 2. The van der Waals surface area contributed by atoms with Crippen LogP contribution in [0.4, 0.5) is 8.78 Å². The quantitative estimate of drug-likeness (QED) is 0.726. The number of carbonyl (C=O) groups is 1. The molecule has 22 heavy (non-hydrogen) atoms. The van der Waals surface area contributed by atoms with E-state index >= 15 is 0 Å². The average Bonchev–Trinajstić information content (AvgIpc) is 2.91. The van der Waals surface area contributed by atoms with Crippen molar-refractivity contribution in [3.63, 3.8) is 0 Å². The summed E-state index contributed by atoms with van der Waals surface area (Å²) >= 11 is 5.75. The van der Waals surface area contributed by atoms with Gasteiger partial charge in [-0.15, -0.1) is 0 Å². The van der Waals surface area contributed by atoms with Crippen molar-refractivity contribution >= 4 is 28.5 Å². The summed E-state index contributed by atoms with van der Waals surface area (Å²) < 4.78 is 26.2. The molecule has 0 bridgehead atoms. The number of hydrogen-bond acceptors (Lipinski definition) is 2. The zero-order valence-corrected chi connectivity index (χ0v) is 11.9. The number of imidazole rings is 1. The van der Waals surface area contributed by atoms with Crippen LogP contribution >= 0.6 is 11.6 Å². The third-order valence-electron chi connectivity index (χ3n) is 3.11. The van der Waals surface area contributed by atoms with Gasteiger partial charge in [-0.25, -0.2) is 13.8 Å². The van der Waals surface area contributed by atoms with E-state index in [0.29, 0.717) is 5.82 Å². The number of hydrogen-bond donors (Lipinski definition) is 2. The van der Waals surface area contributed by atoms with Crippen LogP contribution in [0.2, 0.25) is 5.02 Å². The molecule has 4 nitrogen and oxygen atoms in total. The van der Waals surface area contributed by atoms with E-state index in [-0.39, 0.29) is 17.1 Å². The second-order valence-corrected chi connectivity index (χ2v) is 5.04. The fourth-order valence-corrected chi connectivity index (χ4v) is 2.28. The van der Waals surface area contributed by atoms with Crippen molar-refractivity contribution in [2.75, 3.05) is 0 Å². The molecule has 0 fully saturated rings. The van der Waals surface area contributed by atoms with E-state index in [4.69, 9.17) is 11.6 Å². The molecule has 3 aromatic rings. The Labute approximate surface area is 129 Å². The molecular weight excluding hydrogens is 312 g/mol. The van der Waals surface area contributed by atoms with E-state index in [1.54, 1.807) is 0 Å². The van der Waals surface area contributed by atoms with Crippen LogP contribution in [0, 0.1) is 11.6 Å². The van der Waals surface area contributed by atoms with Gasteiger partial charge in [-0.2, -0.15) is 0 Å². The molecule has 0 aliphatic carbocycles. The van der Waals surface area contributed by atoms with Crippen molar-refractivity contribution in [1.82, 2.24) is 15.3 Å². The predicted octanol–water partition coefficient (Wildman–Crippen LogP) is 3.42. The monoisotopic (exact) mass is 321 g/mol. The normalized spacial score (nSPS) is 10.9. The van der Waals surface area contributed by atoms with E-state index in [2.05, 4.69) is 15.3 Å². The molecule has 112 valence electrons. The van der Waals surface area contributed by atoms with Gasteiger partial charge >= 0.3 is 0 Å². The van der Waals surface area contributed by atoms with Gasteiger partial charge in [0.05, 0.1) is 28.2 Å². The minimum Gasteiger partial charge on any atom is -0.345 e. The molecule has 2 aromatic carbocycles. The van der Waals surface area contributed by atoms with Crippen molar-refractivity contribution in [3.8, 4) is 0 Å². The number of nitrogens with zero attached hydrogens (tertiary/aromatic N) is 1. The summed E-state index contributed by atoms with van der Waals surface area (Å²) in [5, 5.41) is 2.41. The Hall–Kier alpha value is -2.47. The number of benzene rings is 2. The molecule has 2 N–H and O–H groups in total. The van der Waals surface area contributed by atoms with E-state index in [1.807, 2.05) is 24.3 Å². The molecule has 7 heteroatoms. The van der Waals surface area contributed by atoms with Crippen LogP contribution in [0.15, 0.2) is 36.4 Å². The molecule has 0 saturated carbocycles. The Morgan fingerprint density at radius 1 is 1.23 bits per heavy atom. The number of para-hydroxylation sites is 2. The van der Waals surface area contributed by atoms with Crippen molar-refractivity contribution in [2.45, 2.75) is 6.54 Å². The zero-order valence-electron chi connectivity index (χ0n) is 11.2. The van der Waals surface area contributed by atoms with Gasteiger partial charge < -0.3 is 10.3 Å². The summed E-state index contributed by atoms with van der Waals surface area (Å²) in [5.74, 6) is -2.28. The first kappa shape index (κ1) is 14.5. The molecule has 0 atom stereocenters. The fourth-order valence-electron chi connectivity index (χ4n) is 2.05. The summed E-state index contributed by atoms with van der Waals surface area (Å²) in [6.07, 6.45) is 0. The van der Waals surface area contributed by atoms with Gasteiger partial charge in [0.25, 0.3) is 5.91 Å². The van der Waals surface area contributed by atoms with E-state index in [1.165, 1.54) is 0 Å². The van der Waals surface area contributed by atoms with Crippen molar-refractivity contribution in [1.29, 1.82) is 0 Å². The molecule has 3 rings (SSSR count). The maximum Gasteiger partial charge on any atom is 0.253 e. The molecule has 0 unspecified atom stereocenters. The predicted molar refractivity (Wildman–Crippen MR) is 78.6 cm³/mol. The van der Waals surface area contributed by atoms with Gasteiger partial charge in [-0.3, -0.25) is 4.79 Å². The third-order valence-corrected chi connectivity index (χ3v) is 3.42. The molecule has 1 amide bonds. The second kappa shape index (κ2) is 5.73. The summed E-state index contributed by atoms with van der Waals surface area (Å²) in [6.45, 7) is 0.114. The van der Waals surface area contributed by atoms with Crippen molar-refractivity contribution in [3.05, 3.63) is 64.4 Å². The fraction of sp³-hybridized carbons (Fsp3) is 0.0667. The molecule has 1 aromatic heterocycles. The summed E-state index contributed by atoms with van der Waals surface area (Å²) in [4.78, 5) is 19.3. The molecule has 0 spiro atoms. The highest BCUT2D eigenvalue weighted by Gasteiger charge is 2.15. The van der Waals surface area contributed by atoms with Crippen molar-refractivity contribution in [2.24, 2.45) is 0 Å². The first-order valence-electron chi connectivity index (χ1n) is 6.41.